The molecular formula is C30H29NO5S2. The number of carboxylic acids is 1. The fourth-order valence-corrected chi connectivity index (χ4v) is 5.23. The Hall–Kier alpha value is -3.62. The molecule has 6 nitrogen and oxygen atoms in total. The summed E-state index contributed by atoms with van der Waals surface area (Å²) >= 11 is 6.33. The number of aliphatic carboxylic acids is 1. The smallest absolute Gasteiger partial charge is 0.323 e. The van der Waals surface area contributed by atoms with Crippen LogP contribution < -0.4 is 9.47 Å². The van der Waals surface area contributed by atoms with E-state index in [4.69, 9.17) is 26.8 Å². The number of rotatable bonds is 13. The first-order valence-corrected chi connectivity index (χ1v) is 13.7. The van der Waals surface area contributed by atoms with Crippen molar-refractivity contribution in [2.24, 2.45) is 0 Å². The van der Waals surface area contributed by atoms with Crippen LogP contribution in [0, 0.1) is 0 Å². The lowest BCUT2D eigenvalue weighted by atomic mass is 10.1. The standard InChI is InChI=1S/C30H29NO5S2/c32-28(33)21-31-29(34)27(38-30(31)37)20-24-19-25(35-17-7-13-22-9-3-1-4-10-22)15-16-26(24)36-18-8-14-23-11-5-2-6-12-23/h1-6,9-12,15-16,19-20H,7-8,13-14,17-18,21H2,(H,32,33). The number of carboxylic acid groups (broad SMARTS) is 1. The zero-order chi connectivity index (χ0) is 26.7. The first-order valence-electron chi connectivity index (χ1n) is 12.4. The highest BCUT2D eigenvalue weighted by molar-refractivity contribution is 8.26. The second kappa shape index (κ2) is 13.8. The second-order valence-electron chi connectivity index (χ2n) is 8.74. The maximum atomic E-state index is 12.8. The molecule has 0 radical (unpaired) electrons. The van der Waals surface area contributed by atoms with Crippen LogP contribution in [0.2, 0.25) is 0 Å². The molecule has 0 bridgehead atoms. The summed E-state index contributed by atoms with van der Waals surface area (Å²) in [5, 5.41) is 9.13. The molecule has 1 aliphatic rings. The van der Waals surface area contributed by atoms with Crippen molar-refractivity contribution < 1.29 is 24.2 Å². The fraction of sp³-hybridized carbons (Fsp3) is 0.233. The molecule has 8 heteroatoms. The average Bonchev–Trinajstić information content (AvgIpc) is 3.18. The number of benzene rings is 3. The molecule has 1 fully saturated rings. The zero-order valence-corrected chi connectivity index (χ0v) is 22.5. The molecule has 3 aromatic carbocycles. The van der Waals surface area contributed by atoms with E-state index in [1.165, 1.54) is 11.1 Å². The van der Waals surface area contributed by atoms with Gasteiger partial charge < -0.3 is 14.6 Å². The van der Waals surface area contributed by atoms with Crippen LogP contribution in [0.5, 0.6) is 11.5 Å². The van der Waals surface area contributed by atoms with Gasteiger partial charge in [-0.2, -0.15) is 0 Å². The number of ether oxygens (including phenoxy) is 2. The molecule has 0 aromatic heterocycles. The van der Waals surface area contributed by atoms with Crippen LogP contribution in [0.3, 0.4) is 0 Å². The summed E-state index contributed by atoms with van der Waals surface area (Å²) in [6, 6.07) is 26.0. The highest BCUT2D eigenvalue weighted by atomic mass is 32.2. The van der Waals surface area contributed by atoms with Gasteiger partial charge in [-0.05, 0) is 61.1 Å². The van der Waals surface area contributed by atoms with E-state index in [0.29, 0.717) is 35.2 Å². The van der Waals surface area contributed by atoms with E-state index in [9.17, 15) is 9.59 Å². The largest absolute Gasteiger partial charge is 0.494 e. The predicted octanol–water partition coefficient (Wildman–Crippen LogP) is 6.00. The molecule has 1 amide bonds. The van der Waals surface area contributed by atoms with Gasteiger partial charge in [-0.3, -0.25) is 14.5 Å². The van der Waals surface area contributed by atoms with Crippen molar-refractivity contribution in [3.63, 3.8) is 0 Å². The Kier molecular flexibility index (Phi) is 9.95. The number of carbonyl (C=O) groups is 2. The molecule has 0 saturated carbocycles. The monoisotopic (exact) mass is 547 g/mol. The zero-order valence-electron chi connectivity index (χ0n) is 20.9. The Morgan fingerprint density at radius 2 is 1.50 bits per heavy atom. The average molecular weight is 548 g/mol. The molecule has 4 rings (SSSR count). The van der Waals surface area contributed by atoms with Crippen LogP contribution in [0.1, 0.15) is 29.5 Å². The molecule has 1 N–H and O–H groups in total. The van der Waals surface area contributed by atoms with Crippen molar-refractivity contribution in [3.8, 4) is 11.5 Å². The molecule has 0 atom stereocenters. The number of hydrogen-bond acceptors (Lipinski definition) is 6. The van der Waals surface area contributed by atoms with E-state index in [-0.39, 0.29) is 4.32 Å². The number of hydrogen-bond donors (Lipinski definition) is 1. The Balaban J connectivity index is 1.45. The molecule has 38 heavy (non-hydrogen) atoms. The van der Waals surface area contributed by atoms with Crippen molar-refractivity contribution in [3.05, 3.63) is 100 Å². The molecule has 1 saturated heterocycles. The minimum atomic E-state index is -1.11. The van der Waals surface area contributed by atoms with Gasteiger partial charge in [0.25, 0.3) is 5.91 Å². The summed E-state index contributed by atoms with van der Waals surface area (Å²) in [4.78, 5) is 25.4. The van der Waals surface area contributed by atoms with Crippen molar-refractivity contribution in [1.82, 2.24) is 4.90 Å². The summed E-state index contributed by atoms with van der Waals surface area (Å²) in [5.74, 6) is -0.248. The van der Waals surface area contributed by atoms with Gasteiger partial charge in [0.1, 0.15) is 22.4 Å². The van der Waals surface area contributed by atoms with E-state index >= 15 is 0 Å². The van der Waals surface area contributed by atoms with E-state index in [0.717, 1.165) is 42.3 Å². The summed E-state index contributed by atoms with van der Waals surface area (Å²) in [6.45, 7) is 0.592. The third-order valence-electron chi connectivity index (χ3n) is 5.87. The van der Waals surface area contributed by atoms with Gasteiger partial charge in [0, 0.05) is 5.56 Å². The molecule has 3 aromatic rings. The van der Waals surface area contributed by atoms with E-state index in [2.05, 4.69) is 24.3 Å². The van der Waals surface area contributed by atoms with Crippen molar-refractivity contribution in [2.45, 2.75) is 25.7 Å². The molecule has 0 spiro atoms. The van der Waals surface area contributed by atoms with Crippen LogP contribution in [-0.2, 0) is 22.4 Å². The van der Waals surface area contributed by atoms with Crippen molar-refractivity contribution in [1.29, 1.82) is 0 Å². The minimum Gasteiger partial charge on any atom is -0.494 e. The lowest BCUT2D eigenvalue weighted by Crippen LogP contribution is -2.33. The van der Waals surface area contributed by atoms with E-state index < -0.39 is 18.4 Å². The summed E-state index contributed by atoms with van der Waals surface area (Å²) in [6.07, 6.45) is 5.21. The van der Waals surface area contributed by atoms with Crippen LogP contribution in [0.4, 0.5) is 0 Å². The molecule has 1 aliphatic heterocycles. The number of thiocarbonyl (C=S) groups is 1. The lowest BCUT2D eigenvalue weighted by Gasteiger charge is -2.13. The molecule has 1 heterocycles. The highest BCUT2D eigenvalue weighted by Crippen LogP contribution is 2.35. The van der Waals surface area contributed by atoms with Gasteiger partial charge in [-0.25, -0.2) is 0 Å². The van der Waals surface area contributed by atoms with Gasteiger partial charge in [0.05, 0.1) is 18.1 Å². The Morgan fingerprint density at radius 3 is 2.11 bits per heavy atom. The van der Waals surface area contributed by atoms with E-state index in [1.54, 1.807) is 6.08 Å². The molecule has 196 valence electrons. The number of aryl methyl sites for hydroxylation is 2. The third kappa shape index (κ3) is 7.94. The maximum Gasteiger partial charge on any atom is 0.323 e. The highest BCUT2D eigenvalue weighted by Gasteiger charge is 2.33. The maximum absolute atomic E-state index is 12.8. The number of nitrogens with zero attached hydrogens (tertiary/aromatic N) is 1. The summed E-state index contributed by atoms with van der Waals surface area (Å²) in [7, 11) is 0. The molecule has 0 aliphatic carbocycles. The SMILES string of the molecule is O=C(O)CN1C(=O)C(=Cc2cc(OCCCc3ccccc3)ccc2OCCCc2ccccc2)SC1=S. The fourth-order valence-electron chi connectivity index (χ4n) is 3.99. The summed E-state index contributed by atoms with van der Waals surface area (Å²) in [5.41, 5.74) is 3.19. The van der Waals surface area contributed by atoms with Crippen LogP contribution in [0.15, 0.2) is 83.8 Å². The number of amides is 1. The topological polar surface area (TPSA) is 76.1 Å². The quantitative estimate of drug-likeness (QED) is 0.160. The third-order valence-corrected chi connectivity index (χ3v) is 7.24. The second-order valence-corrected chi connectivity index (χ2v) is 10.4. The first-order chi connectivity index (χ1) is 18.5. The number of carbonyl (C=O) groups excluding carboxylic acids is 1. The van der Waals surface area contributed by atoms with E-state index in [1.807, 2.05) is 54.6 Å². The van der Waals surface area contributed by atoms with Gasteiger partial charge in [0.2, 0.25) is 0 Å². The Labute approximate surface area is 232 Å². The number of thioether (sulfide) groups is 1. The van der Waals surface area contributed by atoms with Crippen LogP contribution in [-0.4, -0.2) is 46.0 Å². The summed E-state index contributed by atoms with van der Waals surface area (Å²) < 4.78 is 12.3. The van der Waals surface area contributed by atoms with Gasteiger partial charge in [0.15, 0.2) is 0 Å². The van der Waals surface area contributed by atoms with Gasteiger partial charge in [-0.1, -0.05) is 84.6 Å². The van der Waals surface area contributed by atoms with Gasteiger partial charge in [-0.15, -0.1) is 0 Å². The molecule has 0 unspecified atom stereocenters. The molecular weight excluding hydrogens is 518 g/mol. The Bertz CT molecular complexity index is 1290. The Morgan fingerprint density at radius 1 is 0.895 bits per heavy atom. The first kappa shape index (κ1) is 27.4. The van der Waals surface area contributed by atoms with Gasteiger partial charge >= 0.3 is 5.97 Å². The minimum absolute atomic E-state index is 0.224. The lowest BCUT2D eigenvalue weighted by molar-refractivity contribution is -0.140. The van der Waals surface area contributed by atoms with Crippen LogP contribution in [0.25, 0.3) is 6.08 Å². The van der Waals surface area contributed by atoms with Crippen molar-refractivity contribution in [2.75, 3.05) is 19.8 Å². The predicted molar refractivity (Wildman–Crippen MR) is 154 cm³/mol. The van der Waals surface area contributed by atoms with Crippen molar-refractivity contribution >= 4 is 46.3 Å². The normalized spacial score (nSPS) is 14.2. The van der Waals surface area contributed by atoms with Crippen LogP contribution >= 0.6 is 24.0 Å².